The van der Waals surface area contributed by atoms with E-state index < -0.39 is 0 Å². The van der Waals surface area contributed by atoms with Crippen LogP contribution in [0.25, 0.3) is 0 Å². The molecule has 0 bridgehead atoms. The minimum absolute atomic E-state index is 0.0426. The molecule has 2 aromatic heterocycles. The fourth-order valence-corrected chi connectivity index (χ4v) is 4.26. The van der Waals surface area contributed by atoms with E-state index in [1.54, 1.807) is 22.7 Å². The minimum Gasteiger partial charge on any atom is -0.391 e. The molecule has 2 heterocycles. The quantitative estimate of drug-likeness (QED) is 0.861. The topological polar surface area (TPSA) is 36.4 Å². The van der Waals surface area contributed by atoms with Crippen LogP contribution in [0, 0.1) is 0 Å². The molecule has 0 amide bonds. The van der Waals surface area contributed by atoms with Crippen LogP contribution in [0.1, 0.15) is 36.9 Å². The van der Waals surface area contributed by atoms with Gasteiger partial charge in [0.25, 0.3) is 0 Å². The molecule has 1 N–H and O–H groups in total. The van der Waals surface area contributed by atoms with Gasteiger partial charge in [-0.15, -0.1) is 11.3 Å². The van der Waals surface area contributed by atoms with Crippen LogP contribution < -0.4 is 4.90 Å². The summed E-state index contributed by atoms with van der Waals surface area (Å²) in [5, 5.41) is 12.6. The second kappa shape index (κ2) is 6.13. The highest BCUT2D eigenvalue weighted by atomic mass is 79.9. The van der Waals surface area contributed by atoms with Gasteiger partial charge < -0.3 is 10.0 Å². The van der Waals surface area contributed by atoms with E-state index in [0.717, 1.165) is 26.0 Å². The maximum atomic E-state index is 9.52. The molecule has 0 aliphatic carbocycles. The molecule has 0 unspecified atom stereocenters. The van der Waals surface area contributed by atoms with Crippen LogP contribution in [-0.4, -0.2) is 17.1 Å². The maximum absolute atomic E-state index is 9.52. The molecule has 0 aromatic carbocycles. The van der Waals surface area contributed by atoms with Gasteiger partial charge in [-0.3, -0.25) is 0 Å². The third-order valence-electron chi connectivity index (χ3n) is 2.91. The van der Waals surface area contributed by atoms with Gasteiger partial charge in [0.05, 0.1) is 21.0 Å². The largest absolute Gasteiger partial charge is 0.391 e. The average molecular weight is 375 g/mol. The SMILES string of the molecule is CN(Cc1csc(Br)c1)c1nc(C(C)(C)C)c(CO)s1. The van der Waals surface area contributed by atoms with E-state index in [1.807, 2.05) is 7.05 Å². The average Bonchev–Trinajstić information content (AvgIpc) is 2.94. The van der Waals surface area contributed by atoms with Gasteiger partial charge in [0, 0.05) is 19.0 Å². The highest BCUT2D eigenvalue weighted by molar-refractivity contribution is 9.11. The number of aromatic nitrogens is 1. The molecule has 3 nitrogen and oxygen atoms in total. The lowest BCUT2D eigenvalue weighted by molar-refractivity contribution is 0.282. The van der Waals surface area contributed by atoms with E-state index >= 15 is 0 Å². The first-order valence-electron chi connectivity index (χ1n) is 6.36. The molecule has 110 valence electrons. The fraction of sp³-hybridized carbons (Fsp3) is 0.500. The van der Waals surface area contributed by atoms with Gasteiger partial charge in [0.2, 0.25) is 0 Å². The summed E-state index contributed by atoms with van der Waals surface area (Å²) in [5.41, 5.74) is 2.22. The number of rotatable bonds is 4. The highest BCUT2D eigenvalue weighted by Crippen LogP contribution is 2.34. The molecule has 2 rings (SSSR count). The molecular formula is C14H19BrN2OS2. The molecule has 0 aliphatic rings. The van der Waals surface area contributed by atoms with E-state index in [0.29, 0.717) is 0 Å². The normalized spacial score (nSPS) is 11.9. The van der Waals surface area contributed by atoms with Crippen molar-refractivity contribution in [2.24, 2.45) is 0 Å². The van der Waals surface area contributed by atoms with Gasteiger partial charge in [-0.05, 0) is 32.9 Å². The van der Waals surface area contributed by atoms with Crippen molar-refractivity contribution in [3.05, 3.63) is 31.4 Å². The van der Waals surface area contributed by atoms with Crippen LogP contribution in [-0.2, 0) is 18.6 Å². The Morgan fingerprint density at radius 3 is 2.55 bits per heavy atom. The second-order valence-corrected chi connectivity index (χ2v) is 9.14. The summed E-state index contributed by atoms with van der Waals surface area (Å²) in [6.07, 6.45) is 0. The van der Waals surface area contributed by atoms with Crippen molar-refractivity contribution in [3.8, 4) is 0 Å². The Bertz CT molecular complexity index is 586. The number of thiazole rings is 1. The molecule has 0 saturated heterocycles. The van der Waals surface area contributed by atoms with E-state index in [2.05, 4.69) is 53.0 Å². The predicted octanol–water partition coefficient (Wildman–Crippen LogP) is 4.39. The lowest BCUT2D eigenvalue weighted by atomic mass is 9.91. The Labute approximate surface area is 136 Å². The second-order valence-electron chi connectivity index (χ2n) is 5.79. The van der Waals surface area contributed by atoms with Crippen LogP contribution in [0.4, 0.5) is 5.13 Å². The summed E-state index contributed by atoms with van der Waals surface area (Å²) in [7, 11) is 2.04. The van der Waals surface area contributed by atoms with Crippen LogP contribution in [0.3, 0.4) is 0 Å². The van der Waals surface area contributed by atoms with E-state index in [4.69, 9.17) is 4.98 Å². The van der Waals surface area contributed by atoms with Crippen LogP contribution >= 0.6 is 38.6 Å². The predicted molar refractivity (Wildman–Crippen MR) is 90.9 cm³/mol. The lowest BCUT2D eigenvalue weighted by Gasteiger charge is -2.17. The number of aliphatic hydroxyl groups is 1. The van der Waals surface area contributed by atoms with Crippen molar-refractivity contribution in [3.63, 3.8) is 0 Å². The van der Waals surface area contributed by atoms with Crippen molar-refractivity contribution in [2.45, 2.75) is 39.3 Å². The monoisotopic (exact) mass is 374 g/mol. The van der Waals surface area contributed by atoms with Crippen molar-refractivity contribution in [1.82, 2.24) is 4.98 Å². The molecule has 0 saturated carbocycles. The molecule has 0 aliphatic heterocycles. The Kier molecular flexibility index (Phi) is 4.89. The number of thiophene rings is 1. The van der Waals surface area contributed by atoms with E-state index in [1.165, 1.54) is 5.56 Å². The fourth-order valence-electron chi connectivity index (χ4n) is 1.97. The van der Waals surface area contributed by atoms with Crippen LogP contribution in [0.15, 0.2) is 15.2 Å². The van der Waals surface area contributed by atoms with E-state index in [-0.39, 0.29) is 12.0 Å². The molecule has 20 heavy (non-hydrogen) atoms. The highest BCUT2D eigenvalue weighted by Gasteiger charge is 2.24. The molecule has 0 atom stereocenters. The zero-order chi connectivity index (χ0) is 14.9. The Hall–Kier alpha value is -0.430. The number of halogens is 1. The Balaban J connectivity index is 2.22. The van der Waals surface area contributed by atoms with Crippen LogP contribution in [0.5, 0.6) is 0 Å². The van der Waals surface area contributed by atoms with Gasteiger partial charge in [-0.2, -0.15) is 0 Å². The van der Waals surface area contributed by atoms with Gasteiger partial charge >= 0.3 is 0 Å². The molecule has 2 aromatic rings. The smallest absolute Gasteiger partial charge is 0.185 e. The summed E-state index contributed by atoms with van der Waals surface area (Å²) < 4.78 is 1.14. The minimum atomic E-state index is -0.0426. The lowest BCUT2D eigenvalue weighted by Crippen LogP contribution is -2.17. The van der Waals surface area contributed by atoms with Gasteiger partial charge in [0.1, 0.15) is 0 Å². The first kappa shape index (κ1) is 15.9. The standard InChI is InChI=1S/C14H19BrN2OS2/c1-14(2,3)12-10(7-18)20-13(16-12)17(4)6-9-5-11(15)19-8-9/h5,8,18H,6-7H2,1-4H3. The summed E-state index contributed by atoms with van der Waals surface area (Å²) in [5.74, 6) is 0. The number of hydrogen-bond acceptors (Lipinski definition) is 5. The molecule has 0 radical (unpaired) electrons. The number of hydrogen-bond donors (Lipinski definition) is 1. The third kappa shape index (κ3) is 3.61. The molecule has 6 heteroatoms. The van der Waals surface area contributed by atoms with Crippen molar-refractivity contribution in [2.75, 3.05) is 11.9 Å². The maximum Gasteiger partial charge on any atom is 0.185 e. The number of nitrogens with zero attached hydrogens (tertiary/aromatic N) is 2. The van der Waals surface area contributed by atoms with Crippen molar-refractivity contribution >= 4 is 43.7 Å². The third-order valence-corrected chi connectivity index (χ3v) is 5.62. The van der Waals surface area contributed by atoms with Gasteiger partial charge in [0.15, 0.2) is 5.13 Å². The van der Waals surface area contributed by atoms with E-state index in [9.17, 15) is 5.11 Å². The number of anilines is 1. The molecule has 0 spiro atoms. The summed E-state index contributed by atoms with van der Waals surface area (Å²) in [4.78, 5) is 7.83. The van der Waals surface area contributed by atoms with Crippen molar-refractivity contribution < 1.29 is 5.11 Å². The summed E-state index contributed by atoms with van der Waals surface area (Å²) >= 11 is 6.75. The first-order chi connectivity index (χ1) is 9.31. The molecular weight excluding hydrogens is 356 g/mol. The summed E-state index contributed by atoms with van der Waals surface area (Å²) in [6, 6.07) is 2.13. The zero-order valence-electron chi connectivity index (χ0n) is 12.1. The first-order valence-corrected chi connectivity index (χ1v) is 8.85. The number of aliphatic hydroxyl groups excluding tert-OH is 1. The zero-order valence-corrected chi connectivity index (χ0v) is 15.3. The summed E-state index contributed by atoms with van der Waals surface area (Å²) in [6.45, 7) is 7.26. The van der Waals surface area contributed by atoms with Gasteiger partial charge in [-0.1, -0.05) is 32.1 Å². The van der Waals surface area contributed by atoms with Gasteiger partial charge in [-0.25, -0.2) is 4.98 Å². The Morgan fingerprint density at radius 2 is 2.10 bits per heavy atom. The van der Waals surface area contributed by atoms with Crippen molar-refractivity contribution in [1.29, 1.82) is 0 Å². The molecule has 0 fully saturated rings. The Morgan fingerprint density at radius 1 is 1.40 bits per heavy atom. The van der Waals surface area contributed by atoms with Crippen LogP contribution in [0.2, 0.25) is 0 Å².